The topological polar surface area (TPSA) is 58.2 Å². The van der Waals surface area contributed by atoms with Crippen LogP contribution in [0.5, 0.6) is 0 Å². The van der Waals surface area contributed by atoms with Gasteiger partial charge in [0.1, 0.15) is 0 Å². The number of carbonyl (C=O) groups excluding carboxylic acids is 2. The van der Waals surface area contributed by atoms with Crippen molar-refractivity contribution in [3.63, 3.8) is 0 Å². The van der Waals surface area contributed by atoms with Crippen LogP contribution in [0, 0.1) is 19.8 Å². The highest BCUT2D eigenvalue weighted by Crippen LogP contribution is 2.38. The maximum absolute atomic E-state index is 13.2. The molecule has 1 saturated carbocycles. The fraction of sp³-hybridized carbons (Fsp3) is 0.355. The molecule has 4 rings (SSSR count). The molecular formula is C31H36N2O2. The van der Waals surface area contributed by atoms with Gasteiger partial charge in [-0.05, 0) is 79.5 Å². The SMILES string of the molecule is Cc1ccc(C(=O)NCc2ccc(C3CCCC[C@@H]3C(=O)N[C@@H](C)c3ccccc3)cc2)cc1C. The molecule has 0 radical (unpaired) electrons. The number of nitrogens with one attached hydrogen (secondary N) is 2. The van der Waals surface area contributed by atoms with Gasteiger partial charge >= 0.3 is 0 Å². The zero-order valence-corrected chi connectivity index (χ0v) is 21.0. The van der Waals surface area contributed by atoms with E-state index >= 15 is 0 Å². The Labute approximate surface area is 209 Å². The summed E-state index contributed by atoms with van der Waals surface area (Å²) in [5.74, 6) is 0.306. The molecule has 1 aliphatic rings. The third-order valence-corrected chi connectivity index (χ3v) is 7.39. The van der Waals surface area contributed by atoms with Crippen LogP contribution in [0.15, 0.2) is 72.8 Å². The van der Waals surface area contributed by atoms with Crippen LogP contribution in [0.4, 0.5) is 0 Å². The number of aryl methyl sites for hydroxylation is 2. The Morgan fingerprint density at radius 1 is 0.886 bits per heavy atom. The Kier molecular flexibility index (Phi) is 8.02. The largest absolute Gasteiger partial charge is 0.349 e. The van der Waals surface area contributed by atoms with E-state index < -0.39 is 0 Å². The van der Waals surface area contributed by atoms with Crippen molar-refractivity contribution in [2.45, 2.75) is 65.0 Å². The third kappa shape index (κ3) is 6.19. The van der Waals surface area contributed by atoms with Gasteiger partial charge in [-0.2, -0.15) is 0 Å². The Morgan fingerprint density at radius 2 is 1.60 bits per heavy atom. The van der Waals surface area contributed by atoms with Crippen molar-refractivity contribution in [2.75, 3.05) is 0 Å². The molecule has 2 amide bonds. The fourth-order valence-corrected chi connectivity index (χ4v) is 5.04. The predicted octanol–water partition coefficient (Wildman–Crippen LogP) is 6.38. The van der Waals surface area contributed by atoms with Gasteiger partial charge in [0.15, 0.2) is 0 Å². The van der Waals surface area contributed by atoms with Crippen LogP contribution in [0.2, 0.25) is 0 Å². The van der Waals surface area contributed by atoms with Crippen LogP contribution in [-0.2, 0) is 11.3 Å². The summed E-state index contributed by atoms with van der Waals surface area (Å²) in [4.78, 5) is 25.8. The summed E-state index contributed by atoms with van der Waals surface area (Å²) in [6, 6.07) is 24.3. The number of hydrogen-bond acceptors (Lipinski definition) is 2. The Balaban J connectivity index is 1.38. The maximum Gasteiger partial charge on any atom is 0.251 e. The van der Waals surface area contributed by atoms with E-state index in [1.54, 1.807) is 0 Å². The van der Waals surface area contributed by atoms with Crippen LogP contribution < -0.4 is 10.6 Å². The van der Waals surface area contributed by atoms with Crippen molar-refractivity contribution in [3.05, 3.63) is 106 Å². The summed E-state index contributed by atoms with van der Waals surface area (Å²) in [7, 11) is 0. The first-order chi connectivity index (χ1) is 16.9. The number of amides is 2. The standard InChI is InChI=1S/C31H36N2O2/c1-21-13-16-27(19-22(21)2)30(34)32-20-24-14-17-26(18-15-24)28-11-7-8-12-29(28)31(35)33-23(3)25-9-5-4-6-10-25/h4-6,9-10,13-19,23,28-29H,7-8,11-12,20H2,1-3H3,(H,32,34)(H,33,35)/t23-,28?,29-/m0/s1. The van der Waals surface area contributed by atoms with Gasteiger partial charge in [0.05, 0.1) is 6.04 Å². The molecule has 0 aromatic heterocycles. The average molecular weight is 469 g/mol. The average Bonchev–Trinajstić information content (AvgIpc) is 2.89. The lowest BCUT2D eigenvalue weighted by molar-refractivity contribution is -0.127. The minimum absolute atomic E-state index is 0.00502. The number of benzene rings is 3. The number of hydrogen-bond donors (Lipinski definition) is 2. The van der Waals surface area contributed by atoms with Crippen molar-refractivity contribution < 1.29 is 9.59 Å². The van der Waals surface area contributed by atoms with Gasteiger partial charge in [-0.25, -0.2) is 0 Å². The molecule has 3 aromatic rings. The molecule has 0 spiro atoms. The number of rotatable bonds is 7. The molecule has 0 aliphatic heterocycles. The smallest absolute Gasteiger partial charge is 0.251 e. The minimum atomic E-state index is -0.0614. The van der Waals surface area contributed by atoms with Crippen LogP contribution in [-0.4, -0.2) is 11.8 Å². The molecule has 35 heavy (non-hydrogen) atoms. The quantitative estimate of drug-likeness (QED) is 0.422. The molecule has 1 aliphatic carbocycles. The first-order valence-corrected chi connectivity index (χ1v) is 12.7. The zero-order valence-electron chi connectivity index (χ0n) is 21.0. The van der Waals surface area contributed by atoms with Gasteiger partial charge in [-0.15, -0.1) is 0 Å². The Bertz CT molecular complexity index is 1150. The van der Waals surface area contributed by atoms with Gasteiger partial charge in [0.2, 0.25) is 5.91 Å². The molecule has 1 fully saturated rings. The van der Waals surface area contributed by atoms with Crippen molar-refractivity contribution in [1.29, 1.82) is 0 Å². The molecular weight excluding hydrogens is 432 g/mol. The lowest BCUT2D eigenvalue weighted by atomic mass is 9.75. The lowest BCUT2D eigenvalue weighted by Gasteiger charge is -2.32. The molecule has 2 N–H and O–H groups in total. The highest BCUT2D eigenvalue weighted by Gasteiger charge is 2.32. The van der Waals surface area contributed by atoms with Crippen LogP contribution in [0.1, 0.15) is 82.7 Å². The van der Waals surface area contributed by atoms with Crippen LogP contribution in [0.3, 0.4) is 0 Å². The molecule has 0 saturated heterocycles. The van der Waals surface area contributed by atoms with Gasteiger partial charge in [0.25, 0.3) is 5.91 Å². The molecule has 4 nitrogen and oxygen atoms in total. The van der Waals surface area contributed by atoms with Crippen molar-refractivity contribution in [2.24, 2.45) is 5.92 Å². The lowest BCUT2D eigenvalue weighted by Crippen LogP contribution is -2.37. The van der Waals surface area contributed by atoms with Crippen LogP contribution in [0.25, 0.3) is 0 Å². The van der Waals surface area contributed by atoms with E-state index in [2.05, 4.69) is 47.0 Å². The molecule has 0 bridgehead atoms. The van der Waals surface area contributed by atoms with E-state index in [1.165, 1.54) is 11.1 Å². The molecule has 4 heteroatoms. The van der Waals surface area contributed by atoms with E-state index in [1.807, 2.05) is 57.2 Å². The first-order valence-electron chi connectivity index (χ1n) is 12.7. The summed E-state index contributed by atoms with van der Waals surface area (Å²) in [5, 5.41) is 6.27. The van der Waals surface area contributed by atoms with E-state index in [0.29, 0.717) is 12.1 Å². The second kappa shape index (κ2) is 11.4. The van der Waals surface area contributed by atoms with Gasteiger partial charge in [-0.3, -0.25) is 9.59 Å². The fourth-order valence-electron chi connectivity index (χ4n) is 5.04. The molecule has 3 atom stereocenters. The summed E-state index contributed by atoms with van der Waals surface area (Å²) < 4.78 is 0. The number of carbonyl (C=O) groups is 2. The summed E-state index contributed by atoms with van der Waals surface area (Å²) in [6.45, 7) is 6.59. The van der Waals surface area contributed by atoms with Gasteiger partial charge in [0, 0.05) is 18.0 Å². The van der Waals surface area contributed by atoms with Gasteiger partial charge in [-0.1, -0.05) is 73.5 Å². The van der Waals surface area contributed by atoms with Crippen molar-refractivity contribution in [3.8, 4) is 0 Å². The maximum atomic E-state index is 13.2. The minimum Gasteiger partial charge on any atom is -0.349 e. The summed E-state index contributed by atoms with van der Waals surface area (Å²) in [5.41, 5.74) is 6.38. The van der Waals surface area contributed by atoms with E-state index in [4.69, 9.17) is 0 Å². The van der Waals surface area contributed by atoms with Crippen LogP contribution >= 0.6 is 0 Å². The molecule has 1 unspecified atom stereocenters. The molecule has 3 aromatic carbocycles. The van der Waals surface area contributed by atoms with Gasteiger partial charge < -0.3 is 10.6 Å². The van der Waals surface area contributed by atoms with E-state index in [-0.39, 0.29) is 29.7 Å². The van der Waals surface area contributed by atoms with E-state index in [9.17, 15) is 9.59 Å². The van der Waals surface area contributed by atoms with E-state index in [0.717, 1.165) is 42.4 Å². The predicted molar refractivity (Wildman–Crippen MR) is 141 cm³/mol. The highest BCUT2D eigenvalue weighted by molar-refractivity contribution is 5.94. The van der Waals surface area contributed by atoms with Crippen molar-refractivity contribution >= 4 is 11.8 Å². The third-order valence-electron chi connectivity index (χ3n) is 7.39. The second-order valence-corrected chi connectivity index (χ2v) is 9.86. The molecule has 0 heterocycles. The summed E-state index contributed by atoms with van der Waals surface area (Å²) in [6.07, 6.45) is 4.19. The zero-order chi connectivity index (χ0) is 24.8. The first kappa shape index (κ1) is 24.7. The monoisotopic (exact) mass is 468 g/mol. The second-order valence-electron chi connectivity index (χ2n) is 9.86. The Morgan fingerprint density at radius 3 is 2.31 bits per heavy atom. The Hall–Kier alpha value is -3.40. The van der Waals surface area contributed by atoms with Crippen molar-refractivity contribution in [1.82, 2.24) is 10.6 Å². The highest BCUT2D eigenvalue weighted by atomic mass is 16.2. The molecule has 182 valence electrons. The summed E-state index contributed by atoms with van der Waals surface area (Å²) >= 11 is 0. The normalized spacial score (nSPS) is 18.5.